The quantitative estimate of drug-likeness (QED) is 0.741. The Hall–Kier alpha value is -0.760. The molecule has 0 saturated carbocycles. The summed E-state index contributed by atoms with van der Waals surface area (Å²) in [4.78, 5) is 12.6. The summed E-state index contributed by atoms with van der Waals surface area (Å²) in [5.74, 6) is 2.18. The molecule has 1 aromatic heterocycles. The van der Waals surface area contributed by atoms with Crippen molar-refractivity contribution in [1.29, 1.82) is 0 Å². The Morgan fingerprint density at radius 2 is 2.39 bits per heavy atom. The van der Waals surface area contributed by atoms with Crippen LogP contribution in [0.15, 0.2) is 0 Å². The summed E-state index contributed by atoms with van der Waals surface area (Å²) in [6.45, 7) is 2.41. The Kier molecular flexibility index (Phi) is 5.20. The number of hydrogen-bond acceptors (Lipinski definition) is 5. The number of nitrogens with one attached hydrogen (secondary N) is 3. The lowest BCUT2D eigenvalue weighted by Gasteiger charge is -2.37. The molecule has 0 bridgehead atoms. The highest BCUT2D eigenvalue weighted by atomic mass is 35.5. The minimum atomic E-state index is -0.0473. The summed E-state index contributed by atoms with van der Waals surface area (Å²) in [6, 6.07) is 0.198. The van der Waals surface area contributed by atoms with E-state index < -0.39 is 0 Å². The van der Waals surface area contributed by atoms with Crippen LogP contribution in [0.4, 0.5) is 0 Å². The summed E-state index contributed by atoms with van der Waals surface area (Å²) in [5, 5.41) is 13.7. The van der Waals surface area contributed by atoms with Crippen molar-refractivity contribution < 1.29 is 9.53 Å². The van der Waals surface area contributed by atoms with Gasteiger partial charge in [-0.2, -0.15) is 16.9 Å². The minimum absolute atomic E-state index is 0. The van der Waals surface area contributed by atoms with Crippen LogP contribution in [0.3, 0.4) is 0 Å². The number of rotatable bonds is 2. The van der Waals surface area contributed by atoms with Crippen molar-refractivity contribution >= 4 is 30.1 Å². The number of nitrogens with zero attached hydrogens (tertiary/aromatic N) is 1. The predicted molar refractivity (Wildman–Crippen MR) is 92.4 cm³/mol. The van der Waals surface area contributed by atoms with Gasteiger partial charge in [-0.1, -0.05) is 0 Å². The van der Waals surface area contributed by atoms with E-state index in [9.17, 15) is 4.79 Å². The van der Waals surface area contributed by atoms with Gasteiger partial charge in [0, 0.05) is 49.2 Å². The first-order valence-corrected chi connectivity index (χ1v) is 9.21. The molecule has 1 amide bonds. The van der Waals surface area contributed by atoms with Crippen molar-refractivity contribution in [1.82, 2.24) is 20.8 Å². The lowest BCUT2D eigenvalue weighted by Crippen LogP contribution is -2.49. The predicted octanol–water partition coefficient (Wildman–Crippen LogP) is 1.26. The van der Waals surface area contributed by atoms with E-state index in [1.54, 1.807) is 0 Å². The molecule has 2 atom stereocenters. The first-order valence-electron chi connectivity index (χ1n) is 8.05. The topological polar surface area (TPSA) is 79.0 Å². The number of halogens is 1. The lowest BCUT2D eigenvalue weighted by atomic mass is 9.89. The zero-order chi connectivity index (χ0) is 15.0. The van der Waals surface area contributed by atoms with Gasteiger partial charge in [0.05, 0.1) is 5.60 Å². The number of aromatic amines is 1. The van der Waals surface area contributed by atoms with Crippen molar-refractivity contribution in [2.45, 2.75) is 43.9 Å². The Morgan fingerprint density at radius 3 is 3.22 bits per heavy atom. The van der Waals surface area contributed by atoms with Crippen molar-refractivity contribution in [2.75, 3.05) is 24.7 Å². The van der Waals surface area contributed by atoms with Gasteiger partial charge in [-0.05, 0) is 25.0 Å². The molecule has 3 aliphatic rings. The largest absolute Gasteiger partial charge is 0.374 e. The van der Waals surface area contributed by atoms with E-state index in [1.165, 1.54) is 5.75 Å². The normalized spacial score (nSPS) is 29.8. The molecule has 0 aromatic carbocycles. The van der Waals surface area contributed by atoms with Crippen LogP contribution in [0.2, 0.25) is 0 Å². The maximum Gasteiger partial charge on any atom is 0.272 e. The molecular weight excluding hydrogens is 336 g/mol. The van der Waals surface area contributed by atoms with Crippen LogP contribution >= 0.6 is 24.2 Å². The minimum Gasteiger partial charge on any atom is -0.374 e. The molecule has 23 heavy (non-hydrogen) atoms. The van der Waals surface area contributed by atoms with E-state index in [-0.39, 0.29) is 30.0 Å². The van der Waals surface area contributed by atoms with Crippen molar-refractivity contribution in [3.63, 3.8) is 0 Å². The fourth-order valence-corrected chi connectivity index (χ4v) is 5.06. The fraction of sp³-hybridized carbons (Fsp3) is 0.733. The number of ether oxygens (including phenoxy) is 1. The molecule has 3 aliphatic heterocycles. The molecule has 2 unspecified atom stereocenters. The summed E-state index contributed by atoms with van der Waals surface area (Å²) in [5.41, 5.74) is 2.68. The Labute approximate surface area is 146 Å². The molecule has 6 nitrogen and oxygen atoms in total. The molecule has 4 rings (SSSR count). The van der Waals surface area contributed by atoms with Crippen LogP contribution in [-0.4, -0.2) is 52.4 Å². The standard InChI is InChI=1S/C15H22N4O2S.ClH/c20-14(13-11-8-16-4-1-12(11)18-19-13)17-10-2-5-21-15(7-10)3-6-22-9-15;/h10,16H,1-9H2,(H,17,20)(H,18,19);1H. The Balaban J connectivity index is 0.00000156. The number of fused-ring (bicyclic) bond motifs is 1. The summed E-state index contributed by atoms with van der Waals surface area (Å²) in [7, 11) is 0. The third kappa shape index (κ3) is 3.38. The van der Waals surface area contributed by atoms with Crippen molar-refractivity contribution in [3.05, 3.63) is 17.0 Å². The van der Waals surface area contributed by atoms with Crippen molar-refractivity contribution in [2.24, 2.45) is 0 Å². The second kappa shape index (κ2) is 7.01. The zero-order valence-corrected chi connectivity index (χ0v) is 14.7. The maximum absolute atomic E-state index is 12.6. The van der Waals surface area contributed by atoms with Crippen molar-refractivity contribution in [3.8, 4) is 0 Å². The first-order chi connectivity index (χ1) is 10.8. The van der Waals surface area contributed by atoms with Gasteiger partial charge in [0.25, 0.3) is 5.91 Å². The average Bonchev–Trinajstić information content (AvgIpc) is 3.14. The number of H-pyrrole nitrogens is 1. The van der Waals surface area contributed by atoms with Gasteiger partial charge in [-0.25, -0.2) is 0 Å². The average molecular weight is 359 g/mol. The molecule has 0 aliphatic carbocycles. The van der Waals surface area contributed by atoms with Crippen LogP contribution < -0.4 is 10.6 Å². The highest BCUT2D eigenvalue weighted by Gasteiger charge is 2.41. The number of carbonyl (C=O) groups is 1. The van der Waals surface area contributed by atoms with Gasteiger partial charge in [0.1, 0.15) is 0 Å². The van der Waals surface area contributed by atoms with Crippen LogP contribution in [-0.2, 0) is 17.7 Å². The van der Waals surface area contributed by atoms with Gasteiger partial charge in [-0.15, -0.1) is 12.4 Å². The van der Waals surface area contributed by atoms with E-state index >= 15 is 0 Å². The van der Waals surface area contributed by atoms with Gasteiger partial charge >= 0.3 is 0 Å². The third-order valence-electron chi connectivity index (χ3n) is 4.92. The maximum atomic E-state index is 12.6. The Bertz CT molecular complexity index is 574. The van der Waals surface area contributed by atoms with E-state index in [2.05, 4.69) is 20.8 Å². The Morgan fingerprint density at radius 1 is 1.48 bits per heavy atom. The van der Waals surface area contributed by atoms with E-state index in [1.807, 2.05) is 11.8 Å². The SMILES string of the molecule is Cl.O=C(NC1CCOC2(CCSC2)C1)c1n[nH]c2c1CNCC2. The van der Waals surface area contributed by atoms with Crippen LogP contribution in [0.1, 0.15) is 41.0 Å². The van der Waals surface area contributed by atoms with E-state index in [4.69, 9.17) is 4.74 Å². The summed E-state index contributed by atoms with van der Waals surface area (Å²) < 4.78 is 6.02. The second-order valence-corrected chi connectivity index (χ2v) is 7.56. The highest BCUT2D eigenvalue weighted by Crippen LogP contribution is 2.38. The molecule has 0 radical (unpaired) electrons. The smallest absolute Gasteiger partial charge is 0.272 e. The summed E-state index contributed by atoms with van der Waals surface area (Å²) >= 11 is 1.95. The summed E-state index contributed by atoms with van der Waals surface area (Å²) in [6.07, 6.45) is 3.83. The number of hydrogen-bond donors (Lipinski definition) is 3. The monoisotopic (exact) mass is 358 g/mol. The fourth-order valence-electron chi connectivity index (χ4n) is 3.68. The van der Waals surface area contributed by atoms with Crippen LogP contribution in [0.25, 0.3) is 0 Å². The van der Waals surface area contributed by atoms with E-state index in [0.29, 0.717) is 5.69 Å². The molecule has 1 aromatic rings. The second-order valence-electron chi connectivity index (χ2n) is 6.45. The highest BCUT2D eigenvalue weighted by molar-refractivity contribution is 7.99. The number of carbonyl (C=O) groups excluding carboxylic acids is 1. The van der Waals surface area contributed by atoms with Crippen LogP contribution in [0, 0.1) is 0 Å². The van der Waals surface area contributed by atoms with Crippen LogP contribution in [0.5, 0.6) is 0 Å². The third-order valence-corrected chi connectivity index (χ3v) is 6.14. The number of aromatic nitrogens is 2. The first kappa shape index (κ1) is 17.1. The molecule has 2 fully saturated rings. The molecule has 1 spiro atoms. The molecule has 4 heterocycles. The van der Waals surface area contributed by atoms with Gasteiger partial charge in [-0.3, -0.25) is 9.89 Å². The van der Waals surface area contributed by atoms with Gasteiger partial charge in [0.15, 0.2) is 5.69 Å². The lowest BCUT2D eigenvalue weighted by molar-refractivity contribution is -0.0688. The molecule has 128 valence electrons. The molecule has 8 heteroatoms. The molecule has 3 N–H and O–H groups in total. The zero-order valence-electron chi connectivity index (χ0n) is 13.0. The van der Waals surface area contributed by atoms with Gasteiger partial charge in [0.2, 0.25) is 0 Å². The number of thioether (sulfide) groups is 1. The molecule has 2 saturated heterocycles. The van der Waals surface area contributed by atoms with Gasteiger partial charge < -0.3 is 15.4 Å². The van der Waals surface area contributed by atoms with E-state index in [0.717, 1.165) is 62.4 Å². The molecular formula is C15H23ClN4O2S. The number of amides is 1.